The van der Waals surface area contributed by atoms with Crippen molar-refractivity contribution in [3.05, 3.63) is 23.0 Å². The van der Waals surface area contributed by atoms with Gasteiger partial charge in [-0.2, -0.15) is 13.2 Å². The molecule has 21 heavy (non-hydrogen) atoms. The molecule has 0 fully saturated rings. The van der Waals surface area contributed by atoms with E-state index in [-0.39, 0.29) is 0 Å². The van der Waals surface area contributed by atoms with Crippen LogP contribution >= 0.6 is 0 Å². The highest BCUT2D eigenvalue weighted by molar-refractivity contribution is 5.89. The maximum absolute atomic E-state index is 13.0. The number of halogens is 6. The fraction of sp³-hybridized carbons (Fsp3) is 0.400. The van der Waals surface area contributed by atoms with Crippen LogP contribution in [0.2, 0.25) is 0 Å². The Kier molecular flexibility index (Phi) is 4.66. The number of nitrogens with two attached hydrogens (primary N) is 1. The molecule has 11 heteroatoms. The van der Waals surface area contributed by atoms with Crippen LogP contribution in [0.5, 0.6) is 5.75 Å². The van der Waals surface area contributed by atoms with Gasteiger partial charge < -0.3 is 15.2 Å². The molecular weight excluding hydrogens is 310 g/mol. The number of ether oxygens (including phenoxy) is 2. The number of carbonyl (C=O) groups excluding carboxylic acids is 1. The minimum absolute atomic E-state index is 0.331. The first-order chi connectivity index (χ1) is 9.51. The second-order valence-corrected chi connectivity index (χ2v) is 3.57. The van der Waals surface area contributed by atoms with E-state index in [2.05, 4.69) is 14.5 Å². The molecule has 0 bridgehead atoms. The van der Waals surface area contributed by atoms with Crippen molar-refractivity contribution in [3.63, 3.8) is 0 Å². The standard InChI is InChI=1S/C10H8F6N2O3/c1-20-8(19)7-6(9(11,12)13)4(2-17)5(3-18-7)21-10(14,15)16/h3H,2,17H2,1H3. The third kappa shape index (κ3) is 3.97. The number of rotatable bonds is 3. The Labute approximate surface area is 113 Å². The molecule has 0 aliphatic rings. The zero-order chi connectivity index (χ0) is 16.4. The van der Waals surface area contributed by atoms with E-state index in [9.17, 15) is 31.1 Å². The Morgan fingerprint density at radius 2 is 1.86 bits per heavy atom. The number of nitrogens with zero attached hydrogens (tertiary/aromatic N) is 1. The minimum Gasteiger partial charge on any atom is -0.464 e. The Morgan fingerprint density at radius 1 is 1.29 bits per heavy atom. The Morgan fingerprint density at radius 3 is 2.24 bits per heavy atom. The first-order valence-electron chi connectivity index (χ1n) is 5.14. The largest absolute Gasteiger partial charge is 0.573 e. The molecule has 2 N–H and O–H groups in total. The molecule has 0 saturated carbocycles. The van der Waals surface area contributed by atoms with Crippen LogP contribution in [-0.4, -0.2) is 24.4 Å². The van der Waals surface area contributed by atoms with E-state index in [1.165, 1.54) is 0 Å². The highest BCUT2D eigenvalue weighted by Crippen LogP contribution is 2.39. The van der Waals surface area contributed by atoms with Crippen molar-refractivity contribution in [2.75, 3.05) is 7.11 Å². The van der Waals surface area contributed by atoms with Gasteiger partial charge in [0.1, 0.15) is 0 Å². The molecule has 5 nitrogen and oxygen atoms in total. The van der Waals surface area contributed by atoms with Crippen LogP contribution in [0, 0.1) is 0 Å². The van der Waals surface area contributed by atoms with Crippen molar-refractivity contribution >= 4 is 5.97 Å². The minimum atomic E-state index is -5.23. The summed E-state index contributed by atoms with van der Waals surface area (Å²) in [6.45, 7) is -0.952. The number of aromatic nitrogens is 1. The van der Waals surface area contributed by atoms with E-state index >= 15 is 0 Å². The molecule has 0 saturated heterocycles. The van der Waals surface area contributed by atoms with E-state index in [4.69, 9.17) is 5.73 Å². The zero-order valence-corrected chi connectivity index (χ0v) is 10.3. The molecular formula is C10H8F6N2O3. The van der Waals surface area contributed by atoms with Crippen molar-refractivity contribution in [1.29, 1.82) is 0 Å². The summed E-state index contributed by atoms with van der Waals surface area (Å²) >= 11 is 0. The summed E-state index contributed by atoms with van der Waals surface area (Å²) in [6, 6.07) is 0. The Hall–Kier alpha value is -2.04. The van der Waals surface area contributed by atoms with Crippen LogP contribution in [0.1, 0.15) is 21.6 Å². The number of hydrogen-bond donors (Lipinski definition) is 1. The second kappa shape index (κ2) is 5.76. The monoisotopic (exact) mass is 318 g/mol. The molecule has 0 spiro atoms. The summed E-state index contributed by atoms with van der Waals surface area (Å²) in [4.78, 5) is 14.3. The number of alkyl halides is 6. The molecule has 0 atom stereocenters. The van der Waals surface area contributed by atoms with Crippen molar-refractivity contribution in [2.24, 2.45) is 5.73 Å². The first-order valence-corrected chi connectivity index (χ1v) is 5.14. The molecule has 118 valence electrons. The second-order valence-electron chi connectivity index (χ2n) is 3.57. The average Bonchev–Trinajstić information content (AvgIpc) is 2.34. The third-order valence-electron chi connectivity index (χ3n) is 2.24. The maximum atomic E-state index is 13.0. The SMILES string of the molecule is COC(=O)c1ncc(OC(F)(F)F)c(CN)c1C(F)(F)F. The predicted molar refractivity (Wildman–Crippen MR) is 55.2 cm³/mol. The first kappa shape index (κ1) is 17.0. The van der Waals surface area contributed by atoms with Crippen molar-refractivity contribution < 1.29 is 40.6 Å². The smallest absolute Gasteiger partial charge is 0.464 e. The molecule has 0 unspecified atom stereocenters. The van der Waals surface area contributed by atoms with Gasteiger partial charge in [-0.3, -0.25) is 0 Å². The van der Waals surface area contributed by atoms with Gasteiger partial charge in [0, 0.05) is 12.1 Å². The molecule has 0 radical (unpaired) electrons. The summed E-state index contributed by atoms with van der Waals surface area (Å²) in [7, 11) is 0.798. The van der Waals surface area contributed by atoms with Crippen molar-refractivity contribution in [3.8, 4) is 5.75 Å². The van der Waals surface area contributed by atoms with Gasteiger partial charge in [0.05, 0.1) is 18.9 Å². The fourth-order valence-corrected chi connectivity index (χ4v) is 1.50. The predicted octanol–water partition coefficient (Wildman–Crippen LogP) is 2.24. The third-order valence-corrected chi connectivity index (χ3v) is 2.24. The van der Waals surface area contributed by atoms with E-state index in [1.807, 2.05) is 0 Å². The fourth-order valence-electron chi connectivity index (χ4n) is 1.50. The van der Waals surface area contributed by atoms with Gasteiger partial charge in [0.2, 0.25) is 0 Å². The molecule has 1 heterocycles. The molecule has 0 amide bonds. The van der Waals surface area contributed by atoms with Crippen LogP contribution in [0.15, 0.2) is 6.20 Å². The van der Waals surface area contributed by atoms with E-state index < -0.39 is 47.6 Å². The highest BCUT2D eigenvalue weighted by Gasteiger charge is 2.42. The molecule has 1 aromatic rings. The maximum Gasteiger partial charge on any atom is 0.573 e. The quantitative estimate of drug-likeness (QED) is 0.683. The molecule has 1 aromatic heterocycles. The van der Waals surface area contributed by atoms with Gasteiger partial charge in [0.15, 0.2) is 11.4 Å². The highest BCUT2D eigenvalue weighted by atomic mass is 19.4. The lowest BCUT2D eigenvalue weighted by Crippen LogP contribution is -2.24. The molecule has 0 aliphatic heterocycles. The Balaban J connectivity index is 3.58. The lowest BCUT2D eigenvalue weighted by molar-refractivity contribution is -0.275. The van der Waals surface area contributed by atoms with Crippen molar-refractivity contribution in [2.45, 2.75) is 19.1 Å². The van der Waals surface area contributed by atoms with Crippen molar-refractivity contribution in [1.82, 2.24) is 4.98 Å². The summed E-state index contributed by atoms with van der Waals surface area (Å²) in [6.07, 6.45) is -10.1. The molecule has 0 aromatic carbocycles. The summed E-state index contributed by atoms with van der Waals surface area (Å²) < 4.78 is 82.9. The lowest BCUT2D eigenvalue weighted by Gasteiger charge is -2.18. The summed E-state index contributed by atoms with van der Waals surface area (Å²) in [5, 5.41) is 0. The topological polar surface area (TPSA) is 74.4 Å². The number of methoxy groups -OCH3 is 1. The van der Waals surface area contributed by atoms with Crippen LogP contribution in [0.4, 0.5) is 26.3 Å². The average molecular weight is 318 g/mol. The van der Waals surface area contributed by atoms with Gasteiger partial charge in [-0.15, -0.1) is 13.2 Å². The van der Waals surface area contributed by atoms with E-state index in [0.29, 0.717) is 6.20 Å². The van der Waals surface area contributed by atoms with Gasteiger partial charge in [0.25, 0.3) is 0 Å². The number of hydrogen-bond acceptors (Lipinski definition) is 5. The van der Waals surface area contributed by atoms with Gasteiger partial charge in [-0.25, -0.2) is 9.78 Å². The number of esters is 1. The van der Waals surface area contributed by atoms with Gasteiger partial charge in [-0.05, 0) is 0 Å². The van der Waals surface area contributed by atoms with Crippen LogP contribution < -0.4 is 10.5 Å². The zero-order valence-electron chi connectivity index (χ0n) is 10.3. The van der Waals surface area contributed by atoms with Crippen LogP contribution in [0.25, 0.3) is 0 Å². The number of pyridine rings is 1. The Bertz CT molecular complexity index is 541. The van der Waals surface area contributed by atoms with E-state index in [1.54, 1.807) is 0 Å². The van der Waals surface area contributed by atoms with Gasteiger partial charge >= 0.3 is 18.5 Å². The van der Waals surface area contributed by atoms with Crippen LogP contribution in [0.3, 0.4) is 0 Å². The number of carbonyl (C=O) groups is 1. The van der Waals surface area contributed by atoms with Gasteiger partial charge in [-0.1, -0.05) is 0 Å². The lowest BCUT2D eigenvalue weighted by atomic mass is 10.0. The summed E-state index contributed by atoms with van der Waals surface area (Å²) in [5.74, 6) is -2.69. The van der Waals surface area contributed by atoms with Crippen LogP contribution in [-0.2, 0) is 17.5 Å². The molecule has 1 rings (SSSR count). The van der Waals surface area contributed by atoms with E-state index in [0.717, 1.165) is 7.11 Å². The summed E-state index contributed by atoms with van der Waals surface area (Å²) in [5.41, 5.74) is 1.09. The normalized spacial score (nSPS) is 12.2. The molecule has 0 aliphatic carbocycles.